The van der Waals surface area contributed by atoms with E-state index in [0.29, 0.717) is 35.6 Å². The first-order chi connectivity index (χ1) is 13.9. The number of ketones is 1. The maximum Gasteiger partial charge on any atom is 0.255 e. The molecule has 0 bridgehead atoms. The molecule has 0 saturated carbocycles. The molecule has 0 atom stereocenters. The molecule has 1 amide bonds. The molecule has 1 N–H and O–H groups in total. The van der Waals surface area contributed by atoms with Gasteiger partial charge in [0.25, 0.3) is 5.91 Å². The highest BCUT2D eigenvalue weighted by Gasteiger charge is 2.32. The standard InChI is InChI=1S/C24H29NO4/c1-4-5-6-7-14-28-19-11-9-18(10-12-19)25-23(27)17-8-13-22-20(15-17)21(26)16-24(2,3)29-22/h8-13,15H,4-7,14,16H2,1-3H3,(H,25,27). The summed E-state index contributed by atoms with van der Waals surface area (Å²) in [7, 11) is 0. The van der Waals surface area contributed by atoms with Crippen LogP contribution < -0.4 is 14.8 Å². The minimum Gasteiger partial charge on any atom is -0.494 e. The number of rotatable bonds is 8. The van der Waals surface area contributed by atoms with Gasteiger partial charge >= 0.3 is 0 Å². The van der Waals surface area contributed by atoms with Crippen molar-refractivity contribution in [3.8, 4) is 11.5 Å². The molecule has 1 aliphatic rings. The number of nitrogens with one attached hydrogen (secondary N) is 1. The Balaban J connectivity index is 1.59. The highest BCUT2D eigenvalue weighted by atomic mass is 16.5. The number of Topliss-reactive ketones (excluding diaryl/α,β-unsaturated/α-hetero) is 1. The summed E-state index contributed by atoms with van der Waals surface area (Å²) in [6, 6.07) is 12.3. The Morgan fingerprint density at radius 1 is 1.10 bits per heavy atom. The lowest BCUT2D eigenvalue weighted by molar-refractivity contribution is 0.0620. The Labute approximate surface area is 172 Å². The lowest BCUT2D eigenvalue weighted by atomic mass is 9.92. The number of carbonyl (C=O) groups excluding carboxylic acids is 2. The van der Waals surface area contributed by atoms with Crippen molar-refractivity contribution in [2.24, 2.45) is 0 Å². The second kappa shape index (κ2) is 9.12. The van der Waals surface area contributed by atoms with E-state index in [9.17, 15) is 9.59 Å². The monoisotopic (exact) mass is 395 g/mol. The number of anilines is 1. The van der Waals surface area contributed by atoms with Crippen molar-refractivity contribution >= 4 is 17.4 Å². The van der Waals surface area contributed by atoms with Crippen LogP contribution in [-0.4, -0.2) is 23.9 Å². The molecule has 2 aromatic carbocycles. The summed E-state index contributed by atoms with van der Waals surface area (Å²) in [5.74, 6) is 1.05. The summed E-state index contributed by atoms with van der Waals surface area (Å²) < 4.78 is 11.6. The van der Waals surface area contributed by atoms with Gasteiger partial charge in [0.05, 0.1) is 18.6 Å². The number of amides is 1. The van der Waals surface area contributed by atoms with Crippen LogP contribution in [0.25, 0.3) is 0 Å². The first kappa shape index (κ1) is 20.9. The predicted octanol–water partition coefficient (Wildman–Crippen LogP) is 5.64. The van der Waals surface area contributed by atoms with Crippen molar-refractivity contribution in [1.82, 2.24) is 0 Å². The molecule has 3 rings (SSSR count). The van der Waals surface area contributed by atoms with Crippen LogP contribution in [0.4, 0.5) is 5.69 Å². The molecule has 1 aliphatic heterocycles. The van der Waals surface area contributed by atoms with Gasteiger partial charge in [0.1, 0.15) is 17.1 Å². The predicted molar refractivity (Wildman–Crippen MR) is 114 cm³/mol. The Morgan fingerprint density at radius 2 is 1.86 bits per heavy atom. The van der Waals surface area contributed by atoms with Gasteiger partial charge in [-0.1, -0.05) is 26.2 Å². The van der Waals surface area contributed by atoms with Crippen LogP contribution in [0, 0.1) is 0 Å². The molecule has 0 aliphatic carbocycles. The van der Waals surface area contributed by atoms with E-state index in [1.54, 1.807) is 18.2 Å². The highest BCUT2D eigenvalue weighted by molar-refractivity contribution is 6.07. The normalized spacial score (nSPS) is 14.7. The molecule has 5 heteroatoms. The second-order valence-corrected chi connectivity index (χ2v) is 8.06. The van der Waals surface area contributed by atoms with Gasteiger partial charge in [0, 0.05) is 11.3 Å². The van der Waals surface area contributed by atoms with E-state index >= 15 is 0 Å². The van der Waals surface area contributed by atoms with E-state index in [2.05, 4.69) is 12.2 Å². The zero-order chi connectivity index (χ0) is 20.9. The van der Waals surface area contributed by atoms with Gasteiger partial charge in [0.15, 0.2) is 5.78 Å². The molecule has 2 aromatic rings. The first-order valence-electron chi connectivity index (χ1n) is 10.3. The van der Waals surface area contributed by atoms with Gasteiger partial charge in [-0.15, -0.1) is 0 Å². The molecule has 0 spiro atoms. The van der Waals surface area contributed by atoms with E-state index in [4.69, 9.17) is 9.47 Å². The summed E-state index contributed by atoms with van der Waals surface area (Å²) in [5, 5.41) is 2.86. The van der Waals surface area contributed by atoms with Crippen LogP contribution in [0.15, 0.2) is 42.5 Å². The number of unbranched alkanes of at least 4 members (excludes halogenated alkanes) is 3. The van der Waals surface area contributed by atoms with Crippen LogP contribution in [-0.2, 0) is 0 Å². The Hall–Kier alpha value is -2.82. The third-order valence-electron chi connectivity index (χ3n) is 4.89. The molecule has 29 heavy (non-hydrogen) atoms. The van der Waals surface area contributed by atoms with E-state index in [-0.39, 0.29) is 11.7 Å². The summed E-state index contributed by atoms with van der Waals surface area (Å²) >= 11 is 0. The number of benzene rings is 2. The smallest absolute Gasteiger partial charge is 0.255 e. The first-order valence-corrected chi connectivity index (χ1v) is 10.3. The molecular formula is C24H29NO4. The number of hydrogen-bond acceptors (Lipinski definition) is 4. The summed E-state index contributed by atoms with van der Waals surface area (Å²) in [6.45, 7) is 6.65. The van der Waals surface area contributed by atoms with Gasteiger partial charge in [-0.05, 0) is 62.7 Å². The van der Waals surface area contributed by atoms with Crippen molar-refractivity contribution in [3.63, 3.8) is 0 Å². The minimum atomic E-state index is -0.520. The number of hydrogen-bond donors (Lipinski definition) is 1. The lowest BCUT2D eigenvalue weighted by Crippen LogP contribution is -2.36. The van der Waals surface area contributed by atoms with Crippen molar-refractivity contribution in [1.29, 1.82) is 0 Å². The Bertz CT molecular complexity index is 871. The van der Waals surface area contributed by atoms with Gasteiger partial charge in [-0.2, -0.15) is 0 Å². The fraction of sp³-hybridized carbons (Fsp3) is 0.417. The third-order valence-corrected chi connectivity index (χ3v) is 4.89. The van der Waals surface area contributed by atoms with Crippen LogP contribution in [0.5, 0.6) is 11.5 Å². The fourth-order valence-corrected chi connectivity index (χ4v) is 3.35. The van der Waals surface area contributed by atoms with Crippen LogP contribution in [0.3, 0.4) is 0 Å². The second-order valence-electron chi connectivity index (χ2n) is 8.06. The van der Waals surface area contributed by atoms with Crippen molar-refractivity contribution < 1.29 is 19.1 Å². The van der Waals surface area contributed by atoms with E-state index < -0.39 is 5.60 Å². The minimum absolute atomic E-state index is 0.00802. The molecule has 0 aromatic heterocycles. The van der Waals surface area contributed by atoms with Crippen LogP contribution in [0.1, 0.15) is 73.6 Å². The fourth-order valence-electron chi connectivity index (χ4n) is 3.35. The zero-order valence-electron chi connectivity index (χ0n) is 17.4. The molecular weight excluding hydrogens is 366 g/mol. The SMILES string of the molecule is CCCCCCOc1ccc(NC(=O)c2ccc3c(c2)C(=O)CC(C)(C)O3)cc1. The third kappa shape index (κ3) is 5.59. The molecule has 0 saturated heterocycles. The Kier molecular flexibility index (Phi) is 6.57. The maximum atomic E-state index is 12.6. The van der Waals surface area contributed by atoms with Crippen molar-refractivity contribution in [2.75, 3.05) is 11.9 Å². The number of ether oxygens (including phenoxy) is 2. The van der Waals surface area contributed by atoms with Crippen molar-refractivity contribution in [2.45, 2.75) is 58.5 Å². The molecule has 1 heterocycles. The van der Waals surface area contributed by atoms with E-state index in [1.165, 1.54) is 19.3 Å². The van der Waals surface area contributed by atoms with Crippen molar-refractivity contribution in [3.05, 3.63) is 53.6 Å². The largest absolute Gasteiger partial charge is 0.494 e. The van der Waals surface area contributed by atoms with Crippen LogP contribution in [0.2, 0.25) is 0 Å². The topological polar surface area (TPSA) is 64.6 Å². The molecule has 5 nitrogen and oxygen atoms in total. The molecule has 0 unspecified atom stereocenters. The quantitative estimate of drug-likeness (QED) is 0.587. The summed E-state index contributed by atoms with van der Waals surface area (Å²) in [6.07, 6.45) is 4.95. The van der Waals surface area contributed by atoms with Gasteiger partial charge in [0.2, 0.25) is 0 Å². The summed E-state index contributed by atoms with van der Waals surface area (Å²) in [4.78, 5) is 25.0. The zero-order valence-corrected chi connectivity index (χ0v) is 17.4. The van der Waals surface area contributed by atoms with Crippen LogP contribution >= 0.6 is 0 Å². The maximum absolute atomic E-state index is 12.6. The van der Waals surface area contributed by atoms with Gasteiger partial charge in [-0.3, -0.25) is 9.59 Å². The average molecular weight is 395 g/mol. The van der Waals surface area contributed by atoms with E-state index in [1.807, 2.05) is 38.1 Å². The number of fused-ring (bicyclic) bond motifs is 1. The summed E-state index contributed by atoms with van der Waals surface area (Å²) in [5.41, 5.74) is 1.04. The van der Waals surface area contributed by atoms with E-state index in [0.717, 1.165) is 12.2 Å². The molecule has 154 valence electrons. The van der Waals surface area contributed by atoms with Gasteiger partial charge in [-0.25, -0.2) is 0 Å². The highest BCUT2D eigenvalue weighted by Crippen LogP contribution is 2.33. The Morgan fingerprint density at radius 3 is 2.59 bits per heavy atom. The number of carbonyl (C=O) groups is 2. The lowest BCUT2D eigenvalue weighted by Gasteiger charge is -2.31. The molecule has 0 fully saturated rings. The van der Waals surface area contributed by atoms with Gasteiger partial charge < -0.3 is 14.8 Å². The average Bonchev–Trinajstić information content (AvgIpc) is 2.68. The molecule has 0 radical (unpaired) electrons.